The standard InChI is InChI=1S/C22H20O7/c1-22(2)11-7-10-19(25)17-12(23)5-9(26-3)6-15(17)28-20(10)18-14(27-4)8-13(24)21(29-22)16(11)18/h5-6,8,11,23-24H,7H2,1-4H3. The van der Waals surface area contributed by atoms with Crippen LogP contribution in [0.1, 0.15) is 30.9 Å². The Labute approximate surface area is 166 Å². The topological polar surface area (TPSA) is 98.4 Å². The number of benzene rings is 2. The van der Waals surface area contributed by atoms with E-state index in [-0.39, 0.29) is 33.8 Å². The van der Waals surface area contributed by atoms with Gasteiger partial charge in [0, 0.05) is 35.2 Å². The normalized spacial score (nSPS) is 18.1. The van der Waals surface area contributed by atoms with Gasteiger partial charge in [0.2, 0.25) is 0 Å². The van der Waals surface area contributed by atoms with Gasteiger partial charge in [-0.1, -0.05) is 0 Å². The lowest BCUT2D eigenvalue weighted by molar-refractivity contribution is 0.106. The monoisotopic (exact) mass is 396 g/mol. The predicted octanol–water partition coefficient (Wildman–Crippen LogP) is 3.70. The molecule has 2 heterocycles. The molecule has 0 saturated carbocycles. The smallest absolute Gasteiger partial charge is 0.200 e. The molecular weight excluding hydrogens is 376 g/mol. The van der Waals surface area contributed by atoms with Crippen LogP contribution in [0, 0.1) is 0 Å². The number of rotatable bonds is 2. The summed E-state index contributed by atoms with van der Waals surface area (Å²) in [5, 5.41) is 21.0. The van der Waals surface area contributed by atoms with Crippen LogP contribution in [0.4, 0.5) is 0 Å². The van der Waals surface area contributed by atoms with Crippen LogP contribution in [-0.2, 0) is 6.42 Å². The van der Waals surface area contributed by atoms with Crippen LogP contribution in [-0.4, -0.2) is 30.0 Å². The minimum atomic E-state index is -0.637. The van der Waals surface area contributed by atoms with Gasteiger partial charge in [-0.15, -0.1) is 0 Å². The van der Waals surface area contributed by atoms with Crippen LogP contribution in [0.25, 0.3) is 22.3 Å². The van der Waals surface area contributed by atoms with E-state index in [0.29, 0.717) is 40.6 Å². The summed E-state index contributed by atoms with van der Waals surface area (Å²) in [7, 11) is 2.97. The fraction of sp³-hybridized carbons (Fsp3) is 0.318. The number of ether oxygens (including phenoxy) is 3. The molecule has 1 aliphatic heterocycles. The minimum absolute atomic E-state index is 0.0120. The Kier molecular flexibility index (Phi) is 3.42. The van der Waals surface area contributed by atoms with Gasteiger partial charge in [0.05, 0.1) is 19.8 Å². The zero-order chi connectivity index (χ0) is 20.7. The average Bonchev–Trinajstić information content (AvgIpc) is 2.95. The molecule has 0 amide bonds. The highest BCUT2D eigenvalue weighted by Crippen LogP contribution is 2.59. The number of phenolic OH excluding ortho intramolecular Hbond substituents is 2. The molecule has 0 spiro atoms. The fourth-order valence-electron chi connectivity index (χ4n) is 4.53. The van der Waals surface area contributed by atoms with Crippen molar-refractivity contribution in [3.05, 3.63) is 39.5 Å². The van der Waals surface area contributed by atoms with Crippen LogP contribution in [0.15, 0.2) is 27.4 Å². The molecule has 2 aliphatic rings. The Hall–Kier alpha value is -3.35. The Morgan fingerprint density at radius 2 is 1.86 bits per heavy atom. The molecule has 1 aliphatic carbocycles. The zero-order valence-electron chi connectivity index (χ0n) is 16.5. The molecule has 5 rings (SSSR count). The first-order valence-electron chi connectivity index (χ1n) is 9.26. The largest absolute Gasteiger partial charge is 0.507 e. The number of phenols is 2. The first-order chi connectivity index (χ1) is 13.8. The van der Waals surface area contributed by atoms with E-state index in [1.165, 1.54) is 26.4 Å². The Morgan fingerprint density at radius 1 is 1.10 bits per heavy atom. The maximum atomic E-state index is 13.4. The van der Waals surface area contributed by atoms with Crippen LogP contribution in [0.2, 0.25) is 0 Å². The molecule has 2 N–H and O–H groups in total. The van der Waals surface area contributed by atoms with Crippen molar-refractivity contribution in [1.82, 2.24) is 0 Å². The maximum Gasteiger partial charge on any atom is 0.200 e. The summed E-state index contributed by atoms with van der Waals surface area (Å²) in [6.45, 7) is 3.84. The van der Waals surface area contributed by atoms with E-state index in [1.807, 2.05) is 13.8 Å². The highest BCUT2D eigenvalue weighted by molar-refractivity contribution is 5.90. The highest BCUT2D eigenvalue weighted by atomic mass is 16.5. The van der Waals surface area contributed by atoms with Gasteiger partial charge in [-0.05, 0) is 20.3 Å². The fourth-order valence-corrected chi connectivity index (χ4v) is 4.53. The third-order valence-corrected chi connectivity index (χ3v) is 5.95. The second-order valence-corrected chi connectivity index (χ2v) is 7.94. The first-order valence-corrected chi connectivity index (χ1v) is 9.26. The summed E-state index contributed by atoms with van der Waals surface area (Å²) >= 11 is 0. The van der Waals surface area contributed by atoms with Crippen molar-refractivity contribution in [3.8, 4) is 40.1 Å². The second-order valence-electron chi connectivity index (χ2n) is 7.94. The maximum absolute atomic E-state index is 13.4. The van der Waals surface area contributed by atoms with Crippen molar-refractivity contribution in [3.63, 3.8) is 0 Å². The third-order valence-electron chi connectivity index (χ3n) is 5.95. The van der Waals surface area contributed by atoms with Gasteiger partial charge in [-0.25, -0.2) is 0 Å². The summed E-state index contributed by atoms with van der Waals surface area (Å²) in [5.74, 6) is 1.13. The van der Waals surface area contributed by atoms with Crippen LogP contribution in [0.3, 0.4) is 0 Å². The Balaban J connectivity index is 1.93. The highest BCUT2D eigenvalue weighted by Gasteiger charge is 2.49. The van der Waals surface area contributed by atoms with E-state index >= 15 is 0 Å². The molecule has 2 aromatic carbocycles. The van der Waals surface area contributed by atoms with Crippen LogP contribution in [0.5, 0.6) is 28.7 Å². The number of methoxy groups -OCH3 is 2. The van der Waals surface area contributed by atoms with Crippen molar-refractivity contribution >= 4 is 11.0 Å². The van der Waals surface area contributed by atoms with Gasteiger partial charge in [-0.2, -0.15) is 0 Å². The molecule has 3 aromatic rings. The molecule has 0 saturated heterocycles. The van der Waals surface area contributed by atoms with Gasteiger partial charge < -0.3 is 28.8 Å². The molecule has 7 nitrogen and oxygen atoms in total. The second kappa shape index (κ2) is 5.59. The predicted molar refractivity (Wildman–Crippen MR) is 106 cm³/mol. The van der Waals surface area contributed by atoms with Crippen molar-refractivity contribution in [1.29, 1.82) is 0 Å². The Morgan fingerprint density at radius 3 is 2.55 bits per heavy atom. The lowest BCUT2D eigenvalue weighted by atomic mass is 9.75. The third kappa shape index (κ3) is 2.21. The summed E-state index contributed by atoms with van der Waals surface area (Å²) in [4.78, 5) is 13.4. The van der Waals surface area contributed by atoms with Crippen molar-refractivity contribution in [2.24, 2.45) is 0 Å². The van der Waals surface area contributed by atoms with E-state index in [0.717, 1.165) is 5.56 Å². The molecule has 29 heavy (non-hydrogen) atoms. The van der Waals surface area contributed by atoms with Crippen molar-refractivity contribution in [2.45, 2.75) is 31.8 Å². The van der Waals surface area contributed by atoms with Gasteiger partial charge in [0.15, 0.2) is 16.9 Å². The number of fused-ring (bicyclic) bond motifs is 3. The van der Waals surface area contributed by atoms with Gasteiger partial charge >= 0.3 is 0 Å². The van der Waals surface area contributed by atoms with Crippen molar-refractivity contribution < 1.29 is 28.8 Å². The molecule has 0 radical (unpaired) electrons. The van der Waals surface area contributed by atoms with Gasteiger partial charge in [0.1, 0.15) is 39.6 Å². The summed E-state index contributed by atoms with van der Waals surface area (Å²) in [5.41, 5.74) is 1.09. The van der Waals surface area contributed by atoms with Gasteiger partial charge in [0.25, 0.3) is 0 Å². The van der Waals surface area contributed by atoms with E-state index in [2.05, 4.69) is 0 Å². The molecular formula is C22H20O7. The summed E-state index contributed by atoms with van der Waals surface area (Å²) in [6, 6.07) is 4.42. The zero-order valence-corrected chi connectivity index (χ0v) is 16.5. The number of hydrogen-bond donors (Lipinski definition) is 2. The quantitative estimate of drug-likeness (QED) is 0.681. The van der Waals surface area contributed by atoms with E-state index < -0.39 is 5.60 Å². The number of hydrogen-bond acceptors (Lipinski definition) is 7. The van der Waals surface area contributed by atoms with E-state index in [9.17, 15) is 15.0 Å². The molecule has 1 atom stereocenters. The molecule has 0 bridgehead atoms. The summed E-state index contributed by atoms with van der Waals surface area (Å²) < 4.78 is 22.9. The molecule has 0 fully saturated rings. The molecule has 7 heteroatoms. The number of aromatic hydroxyl groups is 2. The molecule has 1 unspecified atom stereocenters. The van der Waals surface area contributed by atoms with Crippen LogP contribution >= 0.6 is 0 Å². The lowest BCUT2D eigenvalue weighted by Gasteiger charge is -2.30. The van der Waals surface area contributed by atoms with E-state index in [4.69, 9.17) is 18.6 Å². The first kappa shape index (κ1) is 17.7. The van der Waals surface area contributed by atoms with E-state index in [1.54, 1.807) is 6.07 Å². The molecule has 1 aromatic heterocycles. The Bertz CT molecular complexity index is 1250. The van der Waals surface area contributed by atoms with Gasteiger partial charge in [-0.3, -0.25) is 4.79 Å². The minimum Gasteiger partial charge on any atom is -0.507 e. The molecule has 150 valence electrons. The SMILES string of the molecule is COc1cc(O)c2c(=O)c3c(oc2c1)-c1c(OC)cc(O)c2c1C(C3)C(C)(C)O2. The lowest BCUT2D eigenvalue weighted by Crippen LogP contribution is -2.34. The average molecular weight is 396 g/mol. The summed E-state index contributed by atoms with van der Waals surface area (Å²) in [6.07, 6.45) is 0.360. The van der Waals surface area contributed by atoms with Crippen molar-refractivity contribution in [2.75, 3.05) is 14.2 Å². The van der Waals surface area contributed by atoms with Crippen LogP contribution < -0.4 is 19.6 Å².